The third-order valence-corrected chi connectivity index (χ3v) is 5.64. The number of aliphatic hydroxyl groups is 2. The van der Waals surface area contributed by atoms with Crippen molar-refractivity contribution in [3.05, 3.63) is 0 Å². The Labute approximate surface area is 202 Å². The lowest BCUT2D eigenvalue weighted by molar-refractivity contribution is -0.158. The summed E-state index contributed by atoms with van der Waals surface area (Å²) >= 11 is 0. The molecule has 1 amide bonds. The summed E-state index contributed by atoms with van der Waals surface area (Å²) in [4.78, 5) is 47.4. The van der Waals surface area contributed by atoms with Gasteiger partial charge in [-0.15, -0.1) is 0 Å². The average molecular weight is 490 g/mol. The molecule has 34 heavy (non-hydrogen) atoms. The third-order valence-electron chi connectivity index (χ3n) is 5.64. The minimum Gasteiger partial charge on any atom is -0.462 e. The van der Waals surface area contributed by atoms with E-state index in [0.29, 0.717) is 44.9 Å². The highest BCUT2D eigenvalue weighted by Crippen LogP contribution is 2.28. The van der Waals surface area contributed by atoms with Gasteiger partial charge in [0, 0.05) is 12.8 Å². The number of ether oxygens (including phenoxy) is 3. The first-order chi connectivity index (χ1) is 15.9. The van der Waals surface area contributed by atoms with Gasteiger partial charge in [-0.3, -0.25) is 19.2 Å². The first kappa shape index (κ1) is 31.8. The van der Waals surface area contributed by atoms with E-state index in [0.717, 1.165) is 6.42 Å². The molecule has 0 aromatic carbocycles. The van der Waals surface area contributed by atoms with E-state index < -0.39 is 42.0 Å². The van der Waals surface area contributed by atoms with Gasteiger partial charge in [0.1, 0.15) is 25.9 Å². The summed E-state index contributed by atoms with van der Waals surface area (Å²) in [7, 11) is 0. The van der Waals surface area contributed by atoms with Crippen LogP contribution in [0, 0.1) is 17.3 Å². The molecule has 0 rings (SSSR count). The summed E-state index contributed by atoms with van der Waals surface area (Å²) < 4.78 is 15.1. The van der Waals surface area contributed by atoms with Gasteiger partial charge >= 0.3 is 17.9 Å². The number of esters is 3. The summed E-state index contributed by atoms with van der Waals surface area (Å²) in [6, 6.07) is 0. The molecule has 0 bridgehead atoms. The van der Waals surface area contributed by atoms with Crippen molar-refractivity contribution in [3.63, 3.8) is 0 Å². The van der Waals surface area contributed by atoms with E-state index in [1.54, 1.807) is 13.8 Å². The van der Waals surface area contributed by atoms with Crippen molar-refractivity contribution in [2.24, 2.45) is 23.0 Å². The van der Waals surface area contributed by atoms with Crippen LogP contribution < -0.4 is 5.73 Å². The SMILES string of the molecule is CCCC(CCCC(CCCC(C)(C)C(=O)OCC(O)CO)C(=O)OCCOC(C)=O)C(N)=O. The zero-order chi connectivity index (χ0) is 26.1. The van der Waals surface area contributed by atoms with Crippen molar-refractivity contribution in [1.82, 2.24) is 0 Å². The lowest BCUT2D eigenvalue weighted by atomic mass is 9.84. The number of rotatable bonds is 19. The summed E-state index contributed by atoms with van der Waals surface area (Å²) in [6.07, 6.45) is 3.60. The minimum absolute atomic E-state index is 0.0212. The Morgan fingerprint density at radius 3 is 2.06 bits per heavy atom. The Morgan fingerprint density at radius 2 is 1.50 bits per heavy atom. The van der Waals surface area contributed by atoms with E-state index in [2.05, 4.69) is 0 Å². The Hall–Kier alpha value is -2.20. The van der Waals surface area contributed by atoms with E-state index in [1.807, 2.05) is 6.92 Å². The molecule has 0 saturated carbocycles. The summed E-state index contributed by atoms with van der Waals surface area (Å²) in [5.74, 6) is -2.37. The van der Waals surface area contributed by atoms with Crippen molar-refractivity contribution >= 4 is 23.8 Å². The smallest absolute Gasteiger partial charge is 0.311 e. The number of aliphatic hydroxyl groups excluding tert-OH is 2. The van der Waals surface area contributed by atoms with Crippen LogP contribution in [-0.2, 0) is 33.4 Å². The predicted molar refractivity (Wildman–Crippen MR) is 124 cm³/mol. The molecule has 0 aromatic rings. The highest BCUT2D eigenvalue weighted by atomic mass is 16.6. The summed E-state index contributed by atoms with van der Waals surface area (Å²) in [5, 5.41) is 18.2. The molecule has 0 aromatic heterocycles. The molecular formula is C24H43NO9. The fourth-order valence-corrected chi connectivity index (χ4v) is 3.53. The van der Waals surface area contributed by atoms with E-state index in [4.69, 9.17) is 25.1 Å². The van der Waals surface area contributed by atoms with Crippen LogP contribution in [-0.4, -0.2) is 66.6 Å². The van der Waals surface area contributed by atoms with Gasteiger partial charge in [0.15, 0.2) is 0 Å². The van der Waals surface area contributed by atoms with Crippen LogP contribution in [0.25, 0.3) is 0 Å². The topological polar surface area (TPSA) is 162 Å². The van der Waals surface area contributed by atoms with Gasteiger partial charge in [0.05, 0.1) is 17.9 Å². The van der Waals surface area contributed by atoms with Gasteiger partial charge in [-0.25, -0.2) is 0 Å². The van der Waals surface area contributed by atoms with Gasteiger partial charge in [0.2, 0.25) is 5.91 Å². The number of hydrogen-bond donors (Lipinski definition) is 3. The molecule has 0 fully saturated rings. The molecule has 0 aliphatic heterocycles. The van der Waals surface area contributed by atoms with Crippen LogP contribution in [0.5, 0.6) is 0 Å². The number of hydrogen-bond acceptors (Lipinski definition) is 9. The van der Waals surface area contributed by atoms with Crippen molar-refractivity contribution in [2.45, 2.75) is 85.2 Å². The molecular weight excluding hydrogens is 446 g/mol. The highest BCUT2D eigenvalue weighted by molar-refractivity contribution is 5.76. The first-order valence-electron chi connectivity index (χ1n) is 12.0. The Morgan fingerprint density at radius 1 is 0.912 bits per heavy atom. The number of amides is 1. The van der Waals surface area contributed by atoms with Crippen LogP contribution in [0.15, 0.2) is 0 Å². The van der Waals surface area contributed by atoms with Crippen LogP contribution in [0.1, 0.15) is 79.1 Å². The van der Waals surface area contributed by atoms with Gasteiger partial charge in [0.25, 0.3) is 0 Å². The molecule has 0 aliphatic rings. The lowest BCUT2D eigenvalue weighted by Crippen LogP contribution is -2.31. The molecule has 0 spiro atoms. The fourth-order valence-electron chi connectivity index (χ4n) is 3.53. The largest absolute Gasteiger partial charge is 0.462 e. The minimum atomic E-state index is -1.12. The maximum Gasteiger partial charge on any atom is 0.311 e. The van der Waals surface area contributed by atoms with Crippen LogP contribution in [0.2, 0.25) is 0 Å². The molecule has 10 nitrogen and oxygen atoms in total. The normalized spacial score (nSPS) is 14.1. The maximum atomic E-state index is 12.6. The molecule has 10 heteroatoms. The second-order valence-electron chi connectivity index (χ2n) is 9.23. The quantitative estimate of drug-likeness (QED) is 0.140. The fraction of sp³-hybridized carbons (Fsp3) is 0.833. The Kier molecular flexibility index (Phi) is 16.1. The van der Waals surface area contributed by atoms with E-state index in [9.17, 15) is 24.3 Å². The van der Waals surface area contributed by atoms with E-state index in [-0.39, 0.29) is 31.6 Å². The Balaban J connectivity index is 4.86. The monoisotopic (exact) mass is 489 g/mol. The molecule has 0 radical (unpaired) electrons. The molecule has 4 N–H and O–H groups in total. The summed E-state index contributed by atoms with van der Waals surface area (Å²) in [6.45, 7) is 5.85. The Bertz CT molecular complexity index is 636. The first-order valence-corrected chi connectivity index (χ1v) is 12.0. The number of nitrogens with two attached hydrogens (primary N) is 1. The second kappa shape index (κ2) is 17.3. The molecule has 0 heterocycles. The van der Waals surface area contributed by atoms with Crippen LogP contribution >= 0.6 is 0 Å². The van der Waals surface area contributed by atoms with Gasteiger partial charge in [-0.1, -0.05) is 26.2 Å². The van der Waals surface area contributed by atoms with Crippen LogP contribution in [0.3, 0.4) is 0 Å². The van der Waals surface area contributed by atoms with Crippen molar-refractivity contribution in [3.8, 4) is 0 Å². The third kappa shape index (κ3) is 14.1. The zero-order valence-electron chi connectivity index (χ0n) is 21.0. The van der Waals surface area contributed by atoms with Gasteiger partial charge < -0.3 is 30.2 Å². The van der Waals surface area contributed by atoms with Crippen molar-refractivity contribution in [1.29, 1.82) is 0 Å². The summed E-state index contributed by atoms with van der Waals surface area (Å²) in [5.41, 5.74) is 4.63. The lowest BCUT2D eigenvalue weighted by Gasteiger charge is -2.24. The van der Waals surface area contributed by atoms with Crippen molar-refractivity contribution in [2.75, 3.05) is 26.4 Å². The standard InChI is InChI=1S/C24H43NO9/c1-5-8-18(21(25)29)9-6-10-19(22(30)33-14-13-32-17(2)27)11-7-12-24(3,4)23(31)34-16-20(28)15-26/h18-20,26,28H,5-16H2,1-4H3,(H2,25,29). The molecule has 3 unspecified atom stereocenters. The van der Waals surface area contributed by atoms with Crippen LogP contribution in [0.4, 0.5) is 0 Å². The number of carbonyl (C=O) groups is 4. The molecule has 198 valence electrons. The predicted octanol–water partition coefficient (Wildman–Crippen LogP) is 1.87. The molecule has 3 atom stereocenters. The molecule has 0 saturated heterocycles. The van der Waals surface area contributed by atoms with E-state index >= 15 is 0 Å². The second-order valence-corrected chi connectivity index (χ2v) is 9.23. The average Bonchev–Trinajstić information content (AvgIpc) is 2.77. The highest BCUT2D eigenvalue weighted by Gasteiger charge is 2.30. The number of carbonyl (C=O) groups excluding carboxylic acids is 4. The maximum absolute atomic E-state index is 12.6. The van der Waals surface area contributed by atoms with Gasteiger partial charge in [-0.2, -0.15) is 0 Å². The van der Waals surface area contributed by atoms with Gasteiger partial charge in [-0.05, 0) is 46.0 Å². The van der Waals surface area contributed by atoms with E-state index in [1.165, 1.54) is 6.92 Å². The molecule has 0 aliphatic carbocycles. The zero-order valence-corrected chi connectivity index (χ0v) is 21.0. The number of primary amides is 1. The van der Waals surface area contributed by atoms with Crippen molar-refractivity contribution < 1.29 is 43.6 Å².